The van der Waals surface area contributed by atoms with Crippen LogP contribution >= 0.6 is 12.4 Å². The van der Waals surface area contributed by atoms with Crippen LogP contribution in [-0.4, -0.2) is 54.6 Å². The quantitative estimate of drug-likeness (QED) is 0.587. The lowest BCUT2D eigenvalue weighted by Crippen LogP contribution is -2.29. The summed E-state index contributed by atoms with van der Waals surface area (Å²) >= 11 is 0. The molecule has 0 spiro atoms. The molecule has 0 aliphatic carbocycles. The summed E-state index contributed by atoms with van der Waals surface area (Å²) in [6, 6.07) is 7.91. The summed E-state index contributed by atoms with van der Waals surface area (Å²) in [5.74, 6) is 0.308. The number of carbonyl (C=O) groups is 1. The van der Waals surface area contributed by atoms with Gasteiger partial charge >= 0.3 is 0 Å². The number of benzene rings is 1. The van der Waals surface area contributed by atoms with Gasteiger partial charge < -0.3 is 10.6 Å². The number of halogens is 1. The highest BCUT2D eigenvalue weighted by atomic mass is 35.5. The Morgan fingerprint density at radius 1 is 1.19 bits per heavy atom. The summed E-state index contributed by atoms with van der Waals surface area (Å²) in [7, 11) is 0. The fourth-order valence-electron chi connectivity index (χ4n) is 2.96. The highest BCUT2D eigenvalue weighted by Gasteiger charge is 2.18. The Hall–Kier alpha value is -2.85. The number of H-pyrrole nitrogens is 1. The molecule has 4 rings (SSSR count). The van der Waals surface area contributed by atoms with Crippen LogP contribution in [0.25, 0.3) is 11.4 Å². The highest BCUT2D eigenvalue weighted by Crippen LogP contribution is 2.17. The standard InChI is InChI=1S/C16H19N9O.ClH/c26-16(14-10-25(24-19-14)13-5-7-17-8-6-13)18-9-11-1-3-12(4-2-11)15-20-22-23-21-15;/h1-4,10,13,17H,5-9H2,(H,18,26)(H,20,21,22,23);1H. The minimum Gasteiger partial charge on any atom is -0.347 e. The largest absolute Gasteiger partial charge is 0.347 e. The third-order valence-corrected chi connectivity index (χ3v) is 4.44. The number of aromatic nitrogens is 7. The van der Waals surface area contributed by atoms with E-state index in [1.54, 1.807) is 10.9 Å². The molecule has 1 fully saturated rings. The van der Waals surface area contributed by atoms with Gasteiger partial charge in [-0.3, -0.25) is 4.79 Å². The molecule has 3 aromatic rings. The first-order valence-corrected chi connectivity index (χ1v) is 8.53. The van der Waals surface area contributed by atoms with Crippen LogP contribution in [0.4, 0.5) is 0 Å². The van der Waals surface area contributed by atoms with Crippen molar-refractivity contribution in [2.45, 2.75) is 25.4 Å². The van der Waals surface area contributed by atoms with Crippen LogP contribution in [0.1, 0.15) is 34.9 Å². The Kier molecular flexibility index (Phi) is 6.09. The van der Waals surface area contributed by atoms with E-state index in [1.807, 2.05) is 24.3 Å². The molecular formula is C16H20ClN9O. The van der Waals surface area contributed by atoms with Gasteiger partial charge in [-0.05, 0) is 36.7 Å². The smallest absolute Gasteiger partial charge is 0.273 e. The molecule has 1 aliphatic heterocycles. The zero-order valence-corrected chi connectivity index (χ0v) is 15.3. The number of hydrogen-bond acceptors (Lipinski definition) is 7. The molecule has 1 saturated heterocycles. The van der Waals surface area contributed by atoms with Gasteiger partial charge in [0, 0.05) is 12.1 Å². The van der Waals surface area contributed by atoms with Crippen molar-refractivity contribution in [1.29, 1.82) is 0 Å². The second-order valence-electron chi connectivity index (χ2n) is 6.18. The maximum atomic E-state index is 12.3. The normalized spacial score (nSPS) is 14.5. The second kappa shape index (κ2) is 8.69. The number of amides is 1. The lowest BCUT2D eigenvalue weighted by molar-refractivity contribution is 0.0946. The molecule has 0 bridgehead atoms. The van der Waals surface area contributed by atoms with E-state index in [1.165, 1.54) is 0 Å². The first-order chi connectivity index (χ1) is 12.8. The van der Waals surface area contributed by atoms with E-state index >= 15 is 0 Å². The van der Waals surface area contributed by atoms with Gasteiger partial charge in [0.05, 0.1) is 12.2 Å². The first kappa shape index (κ1) is 18.9. The molecule has 27 heavy (non-hydrogen) atoms. The van der Waals surface area contributed by atoms with Gasteiger partial charge in [-0.25, -0.2) is 4.68 Å². The number of rotatable bonds is 5. The number of hydrogen-bond donors (Lipinski definition) is 3. The van der Waals surface area contributed by atoms with Crippen molar-refractivity contribution in [3.63, 3.8) is 0 Å². The van der Waals surface area contributed by atoms with E-state index in [0.717, 1.165) is 37.1 Å². The van der Waals surface area contributed by atoms with Crippen LogP contribution in [-0.2, 0) is 6.54 Å². The van der Waals surface area contributed by atoms with Crippen LogP contribution in [0, 0.1) is 0 Å². The van der Waals surface area contributed by atoms with E-state index in [-0.39, 0.29) is 18.3 Å². The highest BCUT2D eigenvalue weighted by molar-refractivity contribution is 5.91. The monoisotopic (exact) mass is 389 g/mol. The molecular weight excluding hydrogens is 370 g/mol. The van der Waals surface area contributed by atoms with Gasteiger partial charge in [-0.2, -0.15) is 5.21 Å². The van der Waals surface area contributed by atoms with Crippen molar-refractivity contribution >= 4 is 18.3 Å². The molecule has 0 atom stereocenters. The Bertz CT molecular complexity index is 856. The predicted octanol–water partition coefficient (Wildman–Crippen LogP) is 0.734. The van der Waals surface area contributed by atoms with Crippen LogP contribution in [0.15, 0.2) is 30.5 Å². The van der Waals surface area contributed by atoms with E-state index < -0.39 is 0 Å². The van der Waals surface area contributed by atoms with Crippen LogP contribution < -0.4 is 10.6 Å². The van der Waals surface area contributed by atoms with Crippen molar-refractivity contribution in [1.82, 2.24) is 46.3 Å². The lowest BCUT2D eigenvalue weighted by atomic mass is 10.1. The number of piperidine rings is 1. The number of nitrogens with one attached hydrogen (secondary N) is 3. The van der Waals surface area contributed by atoms with Crippen molar-refractivity contribution in [2.24, 2.45) is 0 Å². The molecule has 1 aromatic carbocycles. The molecule has 0 unspecified atom stereocenters. The predicted molar refractivity (Wildman–Crippen MR) is 99.2 cm³/mol. The number of aromatic amines is 1. The topological polar surface area (TPSA) is 126 Å². The van der Waals surface area contributed by atoms with Crippen molar-refractivity contribution in [3.8, 4) is 11.4 Å². The Balaban J connectivity index is 0.00000210. The summed E-state index contributed by atoms with van der Waals surface area (Å²) in [5, 5.41) is 28.1. The van der Waals surface area contributed by atoms with Crippen LogP contribution in [0.5, 0.6) is 0 Å². The lowest BCUT2D eigenvalue weighted by Gasteiger charge is -2.22. The zero-order valence-electron chi connectivity index (χ0n) is 14.5. The molecule has 2 aromatic heterocycles. The summed E-state index contributed by atoms with van der Waals surface area (Å²) in [6.45, 7) is 2.34. The van der Waals surface area contributed by atoms with Crippen molar-refractivity contribution in [3.05, 3.63) is 41.7 Å². The van der Waals surface area contributed by atoms with Gasteiger partial charge in [-0.15, -0.1) is 27.7 Å². The molecule has 10 nitrogen and oxygen atoms in total. The van der Waals surface area contributed by atoms with Crippen LogP contribution in [0.3, 0.4) is 0 Å². The van der Waals surface area contributed by atoms with Gasteiger partial charge in [-0.1, -0.05) is 29.5 Å². The molecule has 11 heteroatoms. The summed E-state index contributed by atoms with van der Waals surface area (Å²) in [4.78, 5) is 12.3. The van der Waals surface area contributed by atoms with Gasteiger partial charge in [0.25, 0.3) is 5.91 Å². The van der Waals surface area contributed by atoms with E-state index in [0.29, 0.717) is 24.1 Å². The maximum absolute atomic E-state index is 12.3. The average molecular weight is 390 g/mol. The third kappa shape index (κ3) is 4.47. The minimum atomic E-state index is -0.229. The minimum absolute atomic E-state index is 0. The van der Waals surface area contributed by atoms with E-state index in [4.69, 9.17) is 0 Å². The van der Waals surface area contributed by atoms with Gasteiger partial charge in [0.15, 0.2) is 5.69 Å². The Morgan fingerprint density at radius 3 is 2.67 bits per heavy atom. The first-order valence-electron chi connectivity index (χ1n) is 8.53. The van der Waals surface area contributed by atoms with Gasteiger partial charge in [0.1, 0.15) is 0 Å². The average Bonchev–Trinajstić information content (AvgIpc) is 3.39. The molecule has 1 amide bonds. The Morgan fingerprint density at radius 2 is 1.96 bits per heavy atom. The maximum Gasteiger partial charge on any atom is 0.273 e. The molecule has 142 valence electrons. The number of nitrogens with zero attached hydrogens (tertiary/aromatic N) is 6. The molecule has 0 saturated carbocycles. The number of carbonyl (C=O) groups excluding carboxylic acids is 1. The fourth-order valence-corrected chi connectivity index (χ4v) is 2.96. The molecule has 0 radical (unpaired) electrons. The van der Waals surface area contributed by atoms with Crippen molar-refractivity contribution in [2.75, 3.05) is 13.1 Å². The fraction of sp³-hybridized carbons (Fsp3) is 0.375. The second-order valence-corrected chi connectivity index (χ2v) is 6.18. The van der Waals surface area contributed by atoms with E-state index in [2.05, 4.69) is 41.6 Å². The third-order valence-electron chi connectivity index (χ3n) is 4.44. The summed E-state index contributed by atoms with van der Waals surface area (Å²) < 4.78 is 1.80. The molecule has 3 N–H and O–H groups in total. The summed E-state index contributed by atoms with van der Waals surface area (Å²) in [6.07, 6.45) is 3.72. The van der Waals surface area contributed by atoms with E-state index in [9.17, 15) is 4.79 Å². The summed E-state index contributed by atoms with van der Waals surface area (Å²) in [5.41, 5.74) is 2.17. The van der Waals surface area contributed by atoms with Crippen LogP contribution in [0.2, 0.25) is 0 Å². The number of tetrazole rings is 1. The van der Waals surface area contributed by atoms with Crippen molar-refractivity contribution < 1.29 is 4.79 Å². The molecule has 3 heterocycles. The Labute approximate surface area is 161 Å². The SMILES string of the molecule is Cl.O=C(NCc1ccc(-c2nn[nH]n2)cc1)c1cn(C2CCNCC2)nn1. The zero-order chi connectivity index (χ0) is 17.8. The van der Waals surface area contributed by atoms with Gasteiger partial charge in [0.2, 0.25) is 5.82 Å². The molecule has 1 aliphatic rings.